The molecule has 0 saturated carbocycles. The van der Waals surface area contributed by atoms with Crippen LogP contribution < -0.4 is 15.4 Å². The topological polar surface area (TPSA) is 105 Å². The number of benzene rings is 2. The number of hydrogen-bond acceptors (Lipinski definition) is 5. The number of amides is 4. The number of fused-ring (bicyclic) bond motifs is 2. The Kier molecular flexibility index (Phi) is 4.08. The van der Waals surface area contributed by atoms with E-state index in [0.717, 1.165) is 4.90 Å². The molecule has 8 nitrogen and oxygen atoms in total. The molecule has 0 bridgehead atoms. The van der Waals surface area contributed by atoms with Crippen molar-refractivity contribution < 1.29 is 23.9 Å². The first-order valence-electron chi connectivity index (χ1n) is 8.35. The molecule has 0 aliphatic carbocycles. The molecule has 2 heterocycles. The fraction of sp³-hybridized carbons (Fsp3) is 0.158. The number of imide groups is 1. The minimum atomic E-state index is -0.542. The molecule has 27 heavy (non-hydrogen) atoms. The van der Waals surface area contributed by atoms with E-state index in [1.807, 2.05) is 0 Å². The molecule has 0 radical (unpaired) electrons. The van der Waals surface area contributed by atoms with Gasteiger partial charge >= 0.3 is 0 Å². The summed E-state index contributed by atoms with van der Waals surface area (Å²) >= 11 is 0. The standard InChI is InChI=1S/C19H15N3O5/c23-16(10-22-18(25)12-3-1-2-4-13(12)19(22)26)21-11-5-6-15-14(9-11)17(24)20-7-8-27-15/h1-6,9H,7-8,10H2,(H,20,24)(H,21,23). The van der Waals surface area contributed by atoms with E-state index in [4.69, 9.17) is 4.74 Å². The van der Waals surface area contributed by atoms with Gasteiger partial charge in [-0.15, -0.1) is 0 Å². The van der Waals surface area contributed by atoms with Crippen LogP contribution in [0.25, 0.3) is 0 Å². The molecule has 8 heteroatoms. The first kappa shape index (κ1) is 16.8. The molecule has 4 amide bonds. The van der Waals surface area contributed by atoms with Crippen molar-refractivity contribution in [2.45, 2.75) is 0 Å². The van der Waals surface area contributed by atoms with Crippen LogP contribution in [0.2, 0.25) is 0 Å². The minimum absolute atomic E-state index is 0.286. The summed E-state index contributed by atoms with van der Waals surface area (Å²) in [7, 11) is 0. The third-order valence-corrected chi connectivity index (χ3v) is 4.33. The fourth-order valence-corrected chi connectivity index (χ4v) is 3.06. The monoisotopic (exact) mass is 365 g/mol. The molecular weight excluding hydrogens is 350 g/mol. The summed E-state index contributed by atoms with van der Waals surface area (Å²) in [5.41, 5.74) is 1.25. The highest BCUT2D eigenvalue weighted by Crippen LogP contribution is 2.25. The van der Waals surface area contributed by atoms with E-state index in [2.05, 4.69) is 10.6 Å². The fourth-order valence-electron chi connectivity index (χ4n) is 3.06. The van der Waals surface area contributed by atoms with Gasteiger partial charge in [0.2, 0.25) is 5.91 Å². The molecule has 2 aromatic carbocycles. The second-order valence-corrected chi connectivity index (χ2v) is 6.11. The third-order valence-electron chi connectivity index (χ3n) is 4.33. The Bertz CT molecular complexity index is 950. The molecule has 2 aliphatic rings. The van der Waals surface area contributed by atoms with Crippen LogP contribution in [0.5, 0.6) is 5.75 Å². The van der Waals surface area contributed by atoms with Crippen molar-refractivity contribution in [3.8, 4) is 5.75 Å². The number of hydrogen-bond donors (Lipinski definition) is 2. The van der Waals surface area contributed by atoms with Gasteiger partial charge in [0, 0.05) is 5.69 Å². The number of nitrogens with zero attached hydrogens (tertiary/aromatic N) is 1. The zero-order valence-electron chi connectivity index (χ0n) is 14.2. The van der Waals surface area contributed by atoms with Gasteiger partial charge < -0.3 is 15.4 Å². The smallest absolute Gasteiger partial charge is 0.262 e. The number of carbonyl (C=O) groups is 4. The highest BCUT2D eigenvalue weighted by atomic mass is 16.5. The number of anilines is 1. The van der Waals surface area contributed by atoms with Gasteiger partial charge in [-0.05, 0) is 30.3 Å². The van der Waals surface area contributed by atoms with Gasteiger partial charge in [-0.3, -0.25) is 24.1 Å². The largest absolute Gasteiger partial charge is 0.491 e. The van der Waals surface area contributed by atoms with E-state index < -0.39 is 24.3 Å². The molecule has 136 valence electrons. The van der Waals surface area contributed by atoms with Crippen molar-refractivity contribution in [2.24, 2.45) is 0 Å². The molecule has 0 aromatic heterocycles. The summed E-state index contributed by atoms with van der Waals surface area (Å²) in [5, 5.41) is 5.29. The van der Waals surface area contributed by atoms with Crippen molar-refractivity contribution in [2.75, 3.05) is 25.0 Å². The second kappa shape index (κ2) is 6.56. The average molecular weight is 365 g/mol. The van der Waals surface area contributed by atoms with Crippen LogP contribution in [0.4, 0.5) is 5.69 Å². The van der Waals surface area contributed by atoms with Crippen LogP contribution in [0.1, 0.15) is 31.1 Å². The summed E-state index contributed by atoms with van der Waals surface area (Å²) in [6, 6.07) is 11.1. The van der Waals surface area contributed by atoms with E-state index >= 15 is 0 Å². The van der Waals surface area contributed by atoms with Gasteiger partial charge in [0.15, 0.2) is 0 Å². The van der Waals surface area contributed by atoms with Gasteiger partial charge in [0.1, 0.15) is 18.9 Å². The Morgan fingerprint density at radius 2 is 1.74 bits per heavy atom. The SMILES string of the molecule is O=C(CN1C(=O)c2ccccc2C1=O)Nc1ccc2c(c1)C(=O)NCCO2. The molecule has 0 atom stereocenters. The van der Waals surface area contributed by atoms with E-state index in [-0.39, 0.29) is 17.0 Å². The Labute approximate surface area is 154 Å². The molecule has 0 fully saturated rings. The Balaban J connectivity index is 1.49. The predicted molar refractivity (Wildman–Crippen MR) is 94.7 cm³/mol. The normalized spacial score (nSPS) is 15.4. The summed E-state index contributed by atoms with van der Waals surface area (Å²) in [4.78, 5) is 49.9. The molecule has 0 unspecified atom stereocenters. The number of nitrogens with one attached hydrogen (secondary N) is 2. The molecule has 4 rings (SSSR count). The lowest BCUT2D eigenvalue weighted by atomic mass is 10.1. The van der Waals surface area contributed by atoms with Gasteiger partial charge in [0.25, 0.3) is 17.7 Å². The maximum Gasteiger partial charge on any atom is 0.262 e. The van der Waals surface area contributed by atoms with Crippen molar-refractivity contribution in [1.82, 2.24) is 10.2 Å². The zero-order chi connectivity index (χ0) is 19.0. The van der Waals surface area contributed by atoms with Gasteiger partial charge in [-0.1, -0.05) is 12.1 Å². The van der Waals surface area contributed by atoms with Crippen LogP contribution in [-0.2, 0) is 4.79 Å². The summed E-state index contributed by atoms with van der Waals surface area (Å²) in [5.74, 6) is -1.40. The first-order chi connectivity index (χ1) is 13.0. The van der Waals surface area contributed by atoms with Gasteiger partial charge in [0.05, 0.1) is 23.2 Å². The van der Waals surface area contributed by atoms with Crippen LogP contribution >= 0.6 is 0 Å². The summed E-state index contributed by atoms with van der Waals surface area (Å²) in [6.45, 7) is 0.352. The van der Waals surface area contributed by atoms with Crippen LogP contribution in [-0.4, -0.2) is 48.2 Å². The highest BCUT2D eigenvalue weighted by molar-refractivity contribution is 6.22. The number of carbonyl (C=O) groups excluding carboxylic acids is 4. The first-order valence-corrected chi connectivity index (χ1v) is 8.35. The second-order valence-electron chi connectivity index (χ2n) is 6.11. The van der Waals surface area contributed by atoms with E-state index in [1.54, 1.807) is 36.4 Å². The predicted octanol–water partition coefficient (Wildman–Crippen LogP) is 1.04. The number of rotatable bonds is 3. The molecule has 2 aromatic rings. The Morgan fingerprint density at radius 3 is 2.44 bits per heavy atom. The van der Waals surface area contributed by atoms with Crippen LogP contribution in [0.3, 0.4) is 0 Å². The number of ether oxygens (including phenoxy) is 1. The molecule has 2 N–H and O–H groups in total. The maximum absolute atomic E-state index is 12.3. The molecular formula is C19H15N3O5. The van der Waals surface area contributed by atoms with Crippen molar-refractivity contribution in [3.63, 3.8) is 0 Å². The average Bonchev–Trinajstić information content (AvgIpc) is 2.81. The van der Waals surface area contributed by atoms with Gasteiger partial charge in [-0.25, -0.2) is 0 Å². The van der Waals surface area contributed by atoms with Crippen molar-refractivity contribution >= 4 is 29.3 Å². The quantitative estimate of drug-likeness (QED) is 0.791. The third kappa shape index (κ3) is 3.01. The van der Waals surface area contributed by atoms with E-state index in [1.165, 1.54) is 6.07 Å². The summed E-state index contributed by atoms with van der Waals surface area (Å²) in [6.07, 6.45) is 0. The van der Waals surface area contributed by atoms with E-state index in [9.17, 15) is 19.2 Å². The lowest BCUT2D eigenvalue weighted by Gasteiger charge is -2.14. The lowest BCUT2D eigenvalue weighted by molar-refractivity contribution is -0.116. The maximum atomic E-state index is 12.3. The van der Waals surface area contributed by atoms with Crippen molar-refractivity contribution in [3.05, 3.63) is 59.2 Å². The van der Waals surface area contributed by atoms with Crippen LogP contribution in [0, 0.1) is 0 Å². The minimum Gasteiger partial charge on any atom is -0.491 e. The molecule has 2 aliphatic heterocycles. The Morgan fingerprint density at radius 1 is 1.04 bits per heavy atom. The summed E-state index contributed by atoms with van der Waals surface area (Å²) < 4.78 is 5.46. The Hall–Kier alpha value is -3.68. The lowest BCUT2D eigenvalue weighted by Crippen LogP contribution is -2.37. The zero-order valence-corrected chi connectivity index (χ0v) is 14.2. The molecule has 0 spiro atoms. The van der Waals surface area contributed by atoms with Gasteiger partial charge in [-0.2, -0.15) is 0 Å². The van der Waals surface area contributed by atoms with Crippen LogP contribution in [0.15, 0.2) is 42.5 Å². The van der Waals surface area contributed by atoms with E-state index in [0.29, 0.717) is 30.2 Å². The molecule has 0 saturated heterocycles. The van der Waals surface area contributed by atoms with Crippen molar-refractivity contribution in [1.29, 1.82) is 0 Å². The highest BCUT2D eigenvalue weighted by Gasteiger charge is 2.36.